The first-order chi connectivity index (χ1) is 18.9. The maximum atomic E-state index is 13.3. The topological polar surface area (TPSA) is 128 Å². The number of aromatic nitrogens is 2. The number of nitrogens with one attached hydrogen (secondary N) is 4. The second-order valence-corrected chi connectivity index (χ2v) is 13.1. The molecule has 1 saturated carbocycles. The molecule has 5 rings (SSSR count). The van der Waals surface area contributed by atoms with Crippen molar-refractivity contribution in [1.29, 1.82) is 0 Å². The van der Waals surface area contributed by atoms with E-state index in [4.69, 9.17) is 16.3 Å². The smallest absolute Gasteiger partial charge is 0.407 e. The average Bonchev–Trinajstić information content (AvgIpc) is 3.48. The summed E-state index contributed by atoms with van der Waals surface area (Å²) in [6.07, 6.45) is 1.94. The second kappa shape index (κ2) is 11.4. The number of amides is 3. The lowest BCUT2D eigenvalue weighted by Crippen LogP contribution is -2.58. The highest BCUT2D eigenvalue weighted by Gasteiger charge is 2.35. The number of carbonyl (C=O) groups is 3. The van der Waals surface area contributed by atoms with Crippen molar-refractivity contribution in [2.75, 3.05) is 13.6 Å². The van der Waals surface area contributed by atoms with Crippen molar-refractivity contribution in [1.82, 2.24) is 30.8 Å². The van der Waals surface area contributed by atoms with Gasteiger partial charge in [-0.3, -0.25) is 9.59 Å². The summed E-state index contributed by atoms with van der Waals surface area (Å²) >= 11 is 7.54. The van der Waals surface area contributed by atoms with Crippen LogP contribution in [0.4, 0.5) is 4.79 Å². The first kappa shape index (κ1) is 28.4. The zero-order valence-corrected chi connectivity index (χ0v) is 24.7. The summed E-state index contributed by atoms with van der Waals surface area (Å²) in [6.45, 7) is 7.13. The minimum atomic E-state index is -0.622. The molecule has 3 amide bonds. The highest BCUT2D eigenvalue weighted by Crippen LogP contribution is 2.26. The molecule has 1 aliphatic heterocycles. The van der Waals surface area contributed by atoms with Crippen LogP contribution in [0.5, 0.6) is 0 Å². The van der Waals surface area contributed by atoms with E-state index in [-0.39, 0.29) is 23.9 Å². The summed E-state index contributed by atoms with van der Waals surface area (Å²) in [6, 6.07) is 6.13. The first-order valence-corrected chi connectivity index (χ1v) is 14.7. The molecule has 40 heavy (non-hydrogen) atoms. The molecule has 1 fully saturated rings. The number of rotatable bonds is 5. The third-order valence-electron chi connectivity index (χ3n) is 7.15. The number of ether oxygens (including phenoxy) is 1. The summed E-state index contributed by atoms with van der Waals surface area (Å²) in [5, 5.41) is 11.0. The number of alkyl carbamates (subject to hydrolysis) is 1. The van der Waals surface area contributed by atoms with Gasteiger partial charge in [-0.1, -0.05) is 11.6 Å². The van der Waals surface area contributed by atoms with Crippen LogP contribution in [-0.4, -0.2) is 70.1 Å². The van der Waals surface area contributed by atoms with Crippen LogP contribution in [0.25, 0.3) is 10.9 Å². The number of thiazole rings is 1. The third kappa shape index (κ3) is 6.76. The van der Waals surface area contributed by atoms with E-state index in [0.717, 1.165) is 41.0 Å². The molecule has 10 nitrogen and oxygen atoms in total. The zero-order chi connectivity index (χ0) is 28.6. The maximum absolute atomic E-state index is 13.3. The van der Waals surface area contributed by atoms with Gasteiger partial charge in [0, 0.05) is 52.4 Å². The molecule has 3 heterocycles. The van der Waals surface area contributed by atoms with E-state index in [0.29, 0.717) is 35.0 Å². The average molecular weight is 587 g/mol. The van der Waals surface area contributed by atoms with Crippen molar-refractivity contribution in [3.8, 4) is 0 Å². The number of halogens is 1. The van der Waals surface area contributed by atoms with Crippen LogP contribution in [0, 0.1) is 0 Å². The molecule has 1 unspecified atom stereocenters. The number of H-pyrrole nitrogens is 1. The number of hydrogen-bond acceptors (Lipinski definition) is 7. The van der Waals surface area contributed by atoms with E-state index in [1.54, 1.807) is 18.2 Å². The van der Waals surface area contributed by atoms with Gasteiger partial charge in [-0.15, -0.1) is 11.3 Å². The number of aromatic amines is 1. The van der Waals surface area contributed by atoms with E-state index in [1.807, 2.05) is 26.8 Å². The van der Waals surface area contributed by atoms with Crippen LogP contribution >= 0.6 is 22.9 Å². The Morgan fingerprint density at radius 2 is 1.88 bits per heavy atom. The summed E-state index contributed by atoms with van der Waals surface area (Å²) in [4.78, 5) is 50.1. The Balaban J connectivity index is 1.31. The molecule has 3 atom stereocenters. The molecule has 2 aliphatic rings. The SMILES string of the molecule is CN1CCc2nc(C(=O)N[C@H]3CCC(NC(=O)OC(C)(C)C)C[C@H]3NC(=O)c3cc4cc(Cl)ccc4[nH]3)sc2C1. The summed E-state index contributed by atoms with van der Waals surface area (Å²) in [5.74, 6) is -0.549. The van der Waals surface area contributed by atoms with Gasteiger partial charge in [-0.2, -0.15) is 0 Å². The van der Waals surface area contributed by atoms with E-state index in [1.165, 1.54) is 11.3 Å². The number of benzene rings is 1. The Labute approximate surface area is 242 Å². The van der Waals surface area contributed by atoms with Crippen LogP contribution in [0.15, 0.2) is 24.3 Å². The van der Waals surface area contributed by atoms with Crippen molar-refractivity contribution in [3.63, 3.8) is 0 Å². The quantitative estimate of drug-likeness (QED) is 0.354. The van der Waals surface area contributed by atoms with E-state index in [2.05, 4.69) is 37.9 Å². The molecule has 0 spiro atoms. The number of hydrogen-bond donors (Lipinski definition) is 4. The fraction of sp³-hybridized carbons (Fsp3) is 0.500. The van der Waals surface area contributed by atoms with Crippen LogP contribution in [0.3, 0.4) is 0 Å². The lowest BCUT2D eigenvalue weighted by atomic mass is 9.86. The van der Waals surface area contributed by atoms with E-state index >= 15 is 0 Å². The predicted octanol–water partition coefficient (Wildman–Crippen LogP) is 4.24. The molecule has 2 aromatic heterocycles. The predicted molar refractivity (Wildman–Crippen MR) is 155 cm³/mol. The minimum absolute atomic E-state index is 0.225. The number of fused-ring (bicyclic) bond motifs is 2. The molecule has 0 radical (unpaired) electrons. The molecular formula is C28H35ClN6O4S. The van der Waals surface area contributed by atoms with Gasteiger partial charge < -0.3 is 30.6 Å². The van der Waals surface area contributed by atoms with Gasteiger partial charge >= 0.3 is 6.09 Å². The van der Waals surface area contributed by atoms with Crippen LogP contribution in [0.2, 0.25) is 5.02 Å². The fourth-order valence-corrected chi connectivity index (χ4v) is 6.50. The van der Waals surface area contributed by atoms with Gasteiger partial charge in [0.2, 0.25) is 0 Å². The maximum Gasteiger partial charge on any atom is 0.407 e. The largest absolute Gasteiger partial charge is 0.444 e. The van der Waals surface area contributed by atoms with Crippen molar-refractivity contribution >= 4 is 51.7 Å². The van der Waals surface area contributed by atoms with Crippen molar-refractivity contribution in [3.05, 3.63) is 50.6 Å². The molecule has 1 aromatic carbocycles. The highest BCUT2D eigenvalue weighted by molar-refractivity contribution is 7.13. The molecule has 3 aromatic rings. The first-order valence-electron chi connectivity index (χ1n) is 13.5. The summed E-state index contributed by atoms with van der Waals surface area (Å²) in [7, 11) is 2.06. The van der Waals surface area contributed by atoms with Gasteiger partial charge in [-0.05, 0) is 71.3 Å². The van der Waals surface area contributed by atoms with Gasteiger partial charge in [0.1, 0.15) is 11.3 Å². The molecule has 12 heteroatoms. The van der Waals surface area contributed by atoms with Crippen LogP contribution in [0.1, 0.15) is 70.9 Å². The molecule has 0 bridgehead atoms. The monoisotopic (exact) mass is 586 g/mol. The number of carbonyl (C=O) groups excluding carboxylic acids is 3. The van der Waals surface area contributed by atoms with Crippen molar-refractivity contribution < 1.29 is 19.1 Å². The molecule has 214 valence electrons. The van der Waals surface area contributed by atoms with Crippen LogP contribution < -0.4 is 16.0 Å². The van der Waals surface area contributed by atoms with Gasteiger partial charge in [0.05, 0.1) is 11.7 Å². The molecule has 0 saturated heterocycles. The normalized spacial score (nSPS) is 21.5. The Morgan fingerprint density at radius 1 is 1.10 bits per heavy atom. The van der Waals surface area contributed by atoms with E-state index in [9.17, 15) is 14.4 Å². The summed E-state index contributed by atoms with van der Waals surface area (Å²) < 4.78 is 5.43. The molecule has 4 N–H and O–H groups in total. The van der Waals surface area contributed by atoms with Gasteiger partial charge in [0.25, 0.3) is 11.8 Å². The Kier molecular flexibility index (Phi) is 8.08. The zero-order valence-electron chi connectivity index (χ0n) is 23.1. The highest BCUT2D eigenvalue weighted by atomic mass is 35.5. The fourth-order valence-electron chi connectivity index (χ4n) is 5.23. The lowest BCUT2D eigenvalue weighted by molar-refractivity contribution is 0.0480. The van der Waals surface area contributed by atoms with Gasteiger partial charge in [0.15, 0.2) is 5.01 Å². The van der Waals surface area contributed by atoms with Crippen LogP contribution in [-0.2, 0) is 17.7 Å². The molecule has 1 aliphatic carbocycles. The third-order valence-corrected chi connectivity index (χ3v) is 8.46. The van der Waals surface area contributed by atoms with Crippen molar-refractivity contribution in [2.24, 2.45) is 0 Å². The molecular weight excluding hydrogens is 552 g/mol. The Bertz CT molecular complexity index is 1430. The minimum Gasteiger partial charge on any atom is -0.444 e. The van der Waals surface area contributed by atoms with Crippen molar-refractivity contribution in [2.45, 2.75) is 76.7 Å². The standard InChI is InChI=1S/C28H35ClN6O4S/c1-28(2,3)39-27(38)30-17-6-8-19(32-25(37)26-34-20-9-10-35(4)14-23(20)40-26)21(13-17)33-24(36)22-12-15-11-16(29)5-7-18(15)31-22/h5,7,11-12,17,19,21,31H,6,8-10,13-14H2,1-4H3,(H,30,38)(H,32,37)(H,33,36)/t17?,19-,21+/m0/s1. The van der Waals surface area contributed by atoms with Gasteiger partial charge in [-0.25, -0.2) is 9.78 Å². The number of likely N-dealkylation sites (N-methyl/N-ethyl adjacent to an activating group) is 1. The van der Waals surface area contributed by atoms with E-state index < -0.39 is 17.7 Å². The number of nitrogens with zero attached hydrogens (tertiary/aromatic N) is 2. The Morgan fingerprint density at radius 3 is 2.65 bits per heavy atom. The Hall–Kier alpha value is -3.15. The summed E-state index contributed by atoms with van der Waals surface area (Å²) in [5.41, 5.74) is 1.55. The second-order valence-electron chi connectivity index (χ2n) is 11.6. The lowest BCUT2D eigenvalue weighted by Gasteiger charge is -2.37.